The van der Waals surface area contributed by atoms with E-state index in [9.17, 15) is 22.7 Å². The monoisotopic (exact) mass is 499 g/mol. The lowest BCUT2D eigenvalue weighted by Gasteiger charge is -2.22. The van der Waals surface area contributed by atoms with Crippen molar-refractivity contribution in [3.8, 4) is 0 Å². The number of aromatic nitrogens is 2. The number of sulfone groups is 1. The summed E-state index contributed by atoms with van der Waals surface area (Å²) in [5.74, 6) is -0.830. The molecule has 0 spiro atoms. The van der Waals surface area contributed by atoms with Gasteiger partial charge in [-0.2, -0.15) is 4.98 Å². The Bertz CT molecular complexity index is 1310. The number of hydrogen-bond donors (Lipinski definition) is 3. The maximum atomic E-state index is 14.3. The van der Waals surface area contributed by atoms with E-state index in [1.165, 1.54) is 12.3 Å². The third-order valence-electron chi connectivity index (χ3n) is 5.70. The minimum atomic E-state index is -3.71. The predicted octanol–water partition coefficient (Wildman–Crippen LogP) is 3.14. The van der Waals surface area contributed by atoms with Gasteiger partial charge in [-0.3, -0.25) is 4.79 Å². The number of anilines is 3. The number of benzene rings is 2. The van der Waals surface area contributed by atoms with Gasteiger partial charge in [0.05, 0.1) is 12.6 Å². The minimum absolute atomic E-state index is 0.0710. The first-order valence-corrected chi connectivity index (χ1v) is 13.0. The second kappa shape index (κ2) is 10.4. The molecule has 0 unspecified atom stereocenters. The third kappa shape index (κ3) is 5.75. The molecule has 184 valence electrons. The molecule has 11 heteroatoms. The van der Waals surface area contributed by atoms with Gasteiger partial charge in [0.2, 0.25) is 5.95 Å². The van der Waals surface area contributed by atoms with Crippen LogP contribution < -0.4 is 10.6 Å². The highest BCUT2D eigenvalue weighted by Crippen LogP contribution is 2.26. The van der Waals surface area contributed by atoms with Crippen LogP contribution in [0.2, 0.25) is 0 Å². The van der Waals surface area contributed by atoms with Gasteiger partial charge < -0.3 is 20.6 Å². The Morgan fingerprint density at radius 2 is 1.89 bits per heavy atom. The van der Waals surface area contributed by atoms with E-state index in [4.69, 9.17) is 0 Å². The van der Waals surface area contributed by atoms with Gasteiger partial charge in [0.25, 0.3) is 5.91 Å². The molecule has 0 bridgehead atoms. The molecule has 35 heavy (non-hydrogen) atoms. The zero-order chi connectivity index (χ0) is 25.0. The second-order valence-electron chi connectivity index (χ2n) is 8.29. The summed E-state index contributed by atoms with van der Waals surface area (Å²) in [7, 11) is -3.71. The molecule has 4 rings (SSSR count). The Labute approximate surface area is 203 Å². The van der Waals surface area contributed by atoms with Crippen LogP contribution in [0.5, 0.6) is 0 Å². The van der Waals surface area contributed by atoms with E-state index in [-0.39, 0.29) is 35.5 Å². The Balaban J connectivity index is 1.66. The fourth-order valence-corrected chi connectivity index (χ4v) is 4.62. The predicted molar refractivity (Wildman–Crippen MR) is 130 cm³/mol. The summed E-state index contributed by atoms with van der Waals surface area (Å²) in [5.41, 5.74) is 1.30. The molecule has 2 heterocycles. The molecule has 1 atom stereocenters. The largest absolute Gasteiger partial charge is 0.394 e. The number of aliphatic hydroxyl groups excluding tert-OH is 1. The van der Waals surface area contributed by atoms with E-state index < -0.39 is 26.6 Å². The van der Waals surface area contributed by atoms with Crippen molar-refractivity contribution in [2.45, 2.75) is 23.8 Å². The van der Waals surface area contributed by atoms with Gasteiger partial charge in [0, 0.05) is 31.2 Å². The smallest absolute Gasteiger partial charge is 0.259 e. The molecule has 0 radical (unpaired) electrons. The summed E-state index contributed by atoms with van der Waals surface area (Å²) < 4.78 is 37.7. The summed E-state index contributed by atoms with van der Waals surface area (Å²) in [6, 6.07) is 12.3. The van der Waals surface area contributed by atoms with Crippen molar-refractivity contribution < 1.29 is 22.7 Å². The first kappa shape index (κ1) is 24.6. The van der Waals surface area contributed by atoms with Gasteiger partial charge in [-0.1, -0.05) is 30.3 Å². The summed E-state index contributed by atoms with van der Waals surface area (Å²) in [5, 5.41) is 16.0. The van der Waals surface area contributed by atoms with Crippen LogP contribution in [-0.4, -0.2) is 60.3 Å². The molecule has 1 aliphatic rings. The normalized spacial score (nSPS) is 14.5. The van der Waals surface area contributed by atoms with Crippen molar-refractivity contribution in [3.05, 3.63) is 71.7 Å². The second-order valence-corrected chi connectivity index (χ2v) is 10.3. The van der Waals surface area contributed by atoms with E-state index >= 15 is 0 Å². The number of nitrogens with one attached hydrogen (secondary N) is 2. The molecule has 1 saturated heterocycles. The average molecular weight is 500 g/mol. The van der Waals surface area contributed by atoms with Gasteiger partial charge in [0.15, 0.2) is 9.84 Å². The number of rotatable bonds is 8. The van der Waals surface area contributed by atoms with Crippen LogP contribution in [-0.2, 0) is 9.84 Å². The highest BCUT2D eigenvalue weighted by Gasteiger charge is 2.25. The van der Waals surface area contributed by atoms with E-state index in [1.807, 2.05) is 30.3 Å². The van der Waals surface area contributed by atoms with E-state index in [2.05, 4.69) is 20.6 Å². The van der Waals surface area contributed by atoms with Crippen molar-refractivity contribution in [1.82, 2.24) is 14.9 Å². The van der Waals surface area contributed by atoms with Crippen molar-refractivity contribution in [2.24, 2.45) is 0 Å². The SMILES string of the molecule is CS(=O)(=O)c1ccc(Nc2ncc(C(=O)N3CCCC3)c(N[C@H](CO)c3ccccc3)n2)cc1F. The molecule has 1 aliphatic heterocycles. The Morgan fingerprint density at radius 3 is 2.51 bits per heavy atom. The van der Waals surface area contributed by atoms with Gasteiger partial charge >= 0.3 is 0 Å². The number of carbonyl (C=O) groups excluding carboxylic acids is 1. The zero-order valence-electron chi connectivity index (χ0n) is 19.1. The average Bonchev–Trinajstić information content (AvgIpc) is 3.37. The number of halogens is 1. The number of likely N-dealkylation sites (tertiary alicyclic amines) is 1. The van der Waals surface area contributed by atoms with Crippen LogP contribution in [0.15, 0.2) is 59.6 Å². The third-order valence-corrected chi connectivity index (χ3v) is 6.83. The van der Waals surface area contributed by atoms with Crippen molar-refractivity contribution >= 4 is 33.2 Å². The topological polar surface area (TPSA) is 125 Å². The Hall–Kier alpha value is -3.57. The molecule has 1 aromatic heterocycles. The van der Waals surface area contributed by atoms with Crippen molar-refractivity contribution in [3.63, 3.8) is 0 Å². The molecular weight excluding hydrogens is 473 g/mol. The number of amides is 1. The number of aliphatic hydroxyl groups is 1. The highest BCUT2D eigenvalue weighted by molar-refractivity contribution is 7.90. The van der Waals surface area contributed by atoms with Crippen LogP contribution >= 0.6 is 0 Å². The van der Waals surface area contributed by atoms with Crippen molar-refractivity contribution in [2.75, 3.05) is 36.6 Å². The Morgan fingerprint density at radius 1 is 1.17 bits per heavy atom. The van der Waals surface area contributed by atoms with Crippen LogP contribution in [0.3, 0.4) is 0 Å². The molecule has 1 fully saturated rings. The number of hydrogen-bond acceptors (Lipinski definition) is 8. The standard InChI is InChI=1S/C24H26FN5O4S/c1-35(33,34)21-10-9-17(13-19(21)25)27-24-26-14-18(23(32)30-11-5-6-12-30)22(29-24)28-20(15-31)16-7-3-2-4-8-16/h2-4,7-10,13-14,20,31H,5-6,11-12,15H2,1H3,(H2,26,27,28,29)/t20-/m1/s1. The number of carbonyl (C=O) groups is 1. The first-order chi connectivity index (χ1) is 16.8. The highest BCUT2D eigenvalue weighted by atomic mass is 32.2. The summed E-state index contributed by atoms with van der Waals surface area (Å²) in [4.78, 5) is 23.1. The molecule has 2 aromatic carbocycles. The lowest BCUT2D eigenvalue weighted by Crippen LogP contribution is -2.29. The minimum Gasteiger partial charge on any atom is -0.394 e. The first-order valence-electron chi connectivity index (χ1n) is 11.1. The summed E-state index contributed by atoms with van der Waals surface area (Å²) in [6.07, 6.45) is 4.17. The fourth-order valence-electron chi connectivity index (χ4n) is 3.89. The molecular formula is C24H26FN5O4S. The maximum Gasteiger partial charge on any atom is 0.259 e. The van der Waals surface area contributed by atoms with E-state index in [1.54, 1.807) is 4.90 Å². The molecule has 3 aromatic rings. The van der Waals surface area contributed by atoms with Gasteiger partial charge in [-0.25, -0.2) is 17.8 Å². The summed E-state index contributed by atoms with van der Waals surface area (Å²) >= 11 is 0. The quantitative estimate of drug-likeness (QED) is 0.432. The van der Waals surface area contributed by atoms with Crippen LogP contribution in [0.25, 0.3) is 0 Å². The van der Waals surface area contributed by atoms with Gasteiger partial charge in [-0.15, -0.1) is 0 Å². The molecule has 3 N–H and O–H groups in total. The van der Waals surface area contributed by atoms with E-state index in [0.717, 1.165) is 36.8 Å². The van der Waals surface area contributed by atoms with E-state index in [0.29, 0.717) is 13.1 Å². The number of nitrogens with zero attached hydrogens (tertiary/aromatic N) is 3. The van der Waals surface area contributed by atoms with Crippen molar-refractivity contribution in [1.29, 1.82) is 0 Å². The van der Waals surface area contributed by atoms with Gasteiger partial charge in [-0.05, 0) is 36.6 Å². The molecule has 0 saturated carbocycles. The Kier molecular flexibility index (Phi) is 7.27. The fraction of sp³-hybridized carbons (Fsp3) is 0.292. The lowest BCUT2D eigenvalue weighted by atomic mass is 10.1. The molecule has 9 nitrogen and oxygen atoms in total. The van der Waals surface area contributed by atoms with Crippen LogP contribution in [0.1, 0.15) is 34.8 Å². The molecule has 1 amide bonds. The lowest BCUT2D eigenvalue weighted by molar-refractivity contribution is 0.0793. The van der Waals surface area contributed by atoms with Gasteiger partial charge in [0.1, 0.15) is 22.1 Å². The summed E-state index contributed by atoms with van der Waals surface area (Å²) in [6.45, 7) is 1.05. The zero-order valence-corrected chi connectivity index (χ0v) is 19.9. The van der Waals surface area contributed by atoms with Crippen LogP contribution in [0, 0.1) is 5.82 Å². The maximum absolute atomic E-state index is 14.3. The van der Waals surface area contributed by atoms with Crippen LogP contribution in [0.4, 0.5) is 21.8 Å². The molecule has 0 aliphatic carbocycles.